The first kappa shape index (κ1) is 18.4. The summed E-state index contributed by atoms with van der Waals surface area (Å²) in [5, 5.41) is 0. The van der Waals surface area contributed by atoms with Crippen LogP contribution in [0.1, 0.15) is 41.0 Å². The highest BCUT2D eigenvalue weighted by molar-refractivity contribution is 5.69. The summed E-state index contributed by atoms with van der Waals surface area (Å²) in [5.74, 6) is 0. The molecule has 0 saturated carbocycles. The summed E-state index contributed by atoms with van der Waals surface area (Å²) in [5.41, 5.74) is 0.456. The van der Waals surface area contributed by atoms with Crippen LogP contribution in [0.2, 0.25) is 0 Å². The molecule has 1 aliphatic rings. The Hall–Kier alpha value is -1.98. The second-order valence-electron chi connectivity index (χ2n) is 7.39. The van der Waals surface area contributed by atoms with Crippen LogP contribution in [0.25, 0.3) is 0 Å². The van der Waals surface area contributed by atoms with E-state index in [4.69, 9.17) is 4.74 Å². The molecular formula is C18H29N3O3. The van der Waals surface area contributed by atoms with Gasteiger partial charge in [-0.15, -0.1) is 0 Å². The molecule has 6 heteroatoms. The number of ether oxygens (including phenoxy) is 1. The number of aryl methyl sites for hydroxylation is 1. The normalized spacial score (nSPS) is 18.6. The Morgan fingerprint density at radius 3 is 2.58 bits per heavy atom. The molecule has 2 rings (SSSR count). The van der Waals surface area contributed by atoms with E-state index in [0.29, 0.717) is 19.6 Å². The molecule has 0 bridgehead atoms. The Labute approximate surface area is 144 Å². The molecule has 0 unspecified atom stereocenters. The predicted octanol–water partition coefficient (Wildman–Crippen LogP) is 2.70. The second kappa shape index (κ2) is 7.28. The number of rotatable bonds is 3. The first-order valence-corrected chi connectivity index (χ1v) is 8.66. The van der Waals surface area contributed by atoms with Crippen molar-refractivity contribution in [1.29, 1.82) is 0 Å². The van der Waals surface area contributed by atoms with Gasteiger partial charge in [0.1, 0.15) is 5.60 Å². The monoisotopic (exact) mass is 335 g/mol. The number of carbonyl (C=O) groups excluding carboxylic acids is 1. The van der Waals surface area contributed by atoms with E-state index < -0.39 is 5.60 Å². The van der Waals surface area contributed by atoms with Crippen molar-refractivity contribution < 1.29 is 9.53 Å². The van der Waals surface area contributed by atoms with Crippen LogP contribution in [0.15, 0.2) is 23.1 Å². The molecule has 2 heterocycles. The zero-order chi connectivity index (χ0) is 17.9. The van der Waals surface area contributed by atoms with Crippen LogP contribution < -0.4 is 10.5 Å². The molecular weight excluding hydrogens is 306 g/mol. The van der Waals surface area contributed by atoms with Crippen molar-refractivity contribution >= 4 is 11.8 Å². The topological polar surface area (TPSA) is 54.8 Å². The SMILES string of the molecule is CCCn1ccc(N2CCN(C(=O)OC(C)(C)C)[C@H](C)C2)cc1=O. The lowest BCUT2D eigenvalue weighted by Gasteiger charge is -2.41. The lowest BCUT2D eigenvalue weighted by Crippen LogP contribution is -2.55. The quantitative estimate of drug-likeness (QED) is 0.852. The lowest BCUT2D eigenvalue weighted by atomic mass is 10.1. The number of amides is 1. The van der Waals surface area contributed by atoms with E-state index in [9.17, 15) is 9.59 Å². The summed E-state index contributed by atoms with van der Waals surface area (Å²) in [7, 11) is 0. The Morgan fingerprint density at radius 2 is 2.04 bits per heavy atom. The van der Waals surface area contributed by atoms with Gasteiger partial charge in [0, 0.05) is 50.2 Å². The molecule has 0 N–H and O–H groups in total. The van der Waals surface area contributed by atoms with Gasteiger partial charge in [-0.2, -0.15) is 0 Å². The fourth-order valence-electron chi connectivity index (χ4n) is 2.90. The van der Waals surface area contributed by atoms with Crippen LogP contribution in [-0.4, -0.2) is 46.8 Å². The molecule has 1 fully saturated rings. The second-order valence-corrected chi connectivity index (χ2v) is 7.39. The van der Waals surface area contributed by atoms with Gasteiger partial charge in [0.05, 0.1) is 0 Å². The highest BCUT2D eigenvalue weighted by atomic mass is 16.6. The maximum atomic E-state index is 12.3. The molecule has 1 aromatic heterocycles. The van der Waals surface area contributed by atoms with Crippen molar-refractivity contribution in [1.82, 2.24) is 9.47 Å². The zero-order valence-corrected chi connectivity index (χ0v) is 15.4. The van der Waals surface area contributed by atoms with Gasteiger partial charge >= 0.3 is 6.09 Å². The van der Waals surface area contributed by atoms with Gasteiger partial charge in [-0.1, -0.05) is 6.92 Å². The molecule has 1 saturated heterocycles. The van der Waals surface area contributed by atoms with Gasteiger partial charge in [-0.3, -0.25) is 4.79 Å². The van der Waals surface area contributed by atoms with Gasteiger partial charge in [0.25, 0.3) is 5.56 Å². The summed E-state index contributed by atoms with van der Waals surface area (Å²) < 4.78 is 7.19. The number of aromatic nitrogens is 1. The number of nitrogens with zero attached hydrogens (tertiary/aromatic N) is 3. The minimum absolute atomic E-state index is 0.0246. The van der Waals surface area contributed by atoms with Crippen LogP contribution in [-0.2, 0) is 11.3 Å². The largest absolute Gasteiger partial charge is 0.444 e. The van der Waals surface area contributed by atoms with E-state index in [1.807, 2.05) is 40.0 Å². The number of hydrogen-bond donors (Lipinski definition) is 0. The third kappa shape index (κ3) is 4.52. The molecule has 1 amide bonds. The number of anilines is 1. The molecule has 0 aromatic carbocycles. The van der Waals surface area contributed by atoms with Crippen molar-refractivity contribution in [3.05, 3.63) is 28.7 Å². The van der Waals surface area contributed by atoms with E-state index in [0.717, 1.165) is 18.7 Å². The summed E-state index contributed by atoms with van der Waals surface area (Å²) in [6.45, 7) is 12.4. The Morgan fingerprint density at radius 1 is 1.33 bits per heavy atom. The minimum atomic E-state index is -0.488. The van der Waals surface area contributed by atoms with Crippen molar-refractivity contribution in [2.45, 2.75) is 59.2 Å². The molecule has 0 radical (unpaired) electrons. The standard InChI is InChI=1S/C18H29N3O3/c1-6-8-19-9-7-15(12-16(19)22)20-10-11-21(14(2)13-20)17(23)24-18(3,4)5/h7,9,12,14H,6,8,10-11,13H2,1-5H3/t14-/m1/s1. The van der Waals surface area contributed by atoms with Crippen LogP contribution in [0.5, 0.6) is 0 Å². The van der Waals surface area contributed by atoms with Gasteiger partial charge < -0.3 is 19.1 Å². The molecule has 0 spiro atoms. The Bertz CT molecular complexity index is 633. The fourth-order valence-corrected chi connectivity index (χ4v) is 2.90. The highest BCUT2D eigenvalue weighted by Crippen LogP contribution is 2.20. The Balaban J connectivity index is 2.04. The first-order valence-electron chi connectivity index (χ1n) is 8.66. The predicted molar refractivity (Wildman–Crippen MR) is 95.6 cm³/mol. The van der Waals surface area contributed by atoms with Crippen molar-refractivity contribution in [2.24, 2.45) is 0 Å². The van der Waals surface area contributed by atoms with E-state index in [1.165, 1.54) is 0 Å². The maximum Gasteiger partial charge on any atom is 0.410 e. The molecule has 1 atom stereocenters. The van der Waals surface area contributed by atoms with Crippen molar-refractivity contribution in [3.8, 4) is 0 Å². The summed E-state index contributed by atoms with van der Waals surface area (Å²) >= 11 is 0. The van der Waals surface area contributed by atoms with E-state index in [1.54, 1.807) is 15.5 Å². The van der Waals surface area contributed by atoms with Crippen LogP contribution in [0, 0.1) is 0 Å². The smallest absolute Gasteiger partial charge is 0.410 e. The minimum Gasteiger partial charge on any atom is -0.444 e. The van der Waals surface area contributed by atoms with Crippen LogP contribution in [0.3, 0.4) is 0 Å². The van der Waals surface area contributed by atoms with Crippen LogP contribution >= 0.6 is 0 Å². The van der Waals surface area contributed by atoms with E-state index in [-0.39, 0.29) is 17.7 Å². The van der Waals surface area contributed by atoms with Gasteiger partial charge in [0.15, 0.2) is 0 Å². The Kier molecular flexibility index (Phi) is 5.57. The maximum absolute atomic E-state index is 12.3. The number of carbonyl (C=O) groups is 1. The van der Waals surface area contributed by atoms with Crippen molar-refractivity contribution in [3.63, 3.8) is 0 Å². The number of pyridine rings is 1. The highest BCUT2D eigenvalue weighted by Gasteiger charge is 2.31. The third-order valence-electron chi connectivity index (χ3n) is 4.06. The van der Waals surface area contributed by atoms with Gasteiger partial charge in [0.2, 0.25) is 0 Å². The van der Waals surface area contributed by atoms with Gasteiger partial charge in [-0.05, 0) is 40.2 Å². The van der Waals surface area contributed by atoms with Crippen LogP contribution in [0.4, 0.5) is 10.5 Å². The van der Waals surface area contributed by atoms with E-state index >= 15 is 0 Å². The average Bonchev–Trinajstić information content (AvgIpc) is 2.47. The first-order chi connectivity index (χ1) is 11.2. The molecule has 0 aliphatic carbocycles. The zero-order valence-electron chi connectivity index (χ0n) is 15.4. The van der Waals surface area contributed by atoms with Crippen molar-refractivity contribution in [2.75, 3.05) is 24.5 Å². The molecule has 1 aliphatic heterocycles. The number of hydrogen-bond acceptors (Lipinski definition) is 4. The summed E-state index contributed by atoms with van der Waals surface area (Å²) in [4.78, 5) is 28.3. The molecule has 1 aromatic rings. The molecule has 6 nitrogen and oxygen atoms in total. The summed E-state index contributed by atoms with van der Waals surface area (Å²) in [6.07, 6.45) is 2.52. The average molecular weight is 335 g/mol. The van der Waals surface area contributed by atoms with E-state index in [2.05, 4.69) is 11.8 Å². The lowest BCUT2D eigenvalue weighted by molar-refractivity contribution is 0.0159. The molecule has 24 heavy (non-hydrogen) atoms. The molecule has 134 valence electrons. The third-order valence-corrected chi connectivity index (χ3v) is 4.06. The summed E-state index contributed by atoms with van der Waals surface area (Å²) in [6, 6.07) is 3.70. The van der Waals surface area contributed by atoms with Gasteiger partial charge in [-0.25, -0.2) is 4.79 Å². The number of piperazine rings is 1. The fraction of sp³-hybridized carbons (Fsp3) is 0.667.